The smallest absolute Gasteiger partial charge is 0.280 e. The Kier molecular flexibility index (Phi) is 6.03. The number of Topliss-reactive ketones (excluding diaryl/α,β-unsaturated/α-hetero) is 1. The predicted octanol–water partition coefficient (Wildman–Crippen LogP) is 7.71. The summed E-state index contributed by atoms with van der Waals surface area (Å²) in [6.45, 7) is 9.82. The molecule has 0 heterocycles. The molecule has 0 bridgehead atoms. The van der Waals surface area contributed by atoms with Gasteiger partial charge in [-0.05, 0) is 59.4 Å². The average molecular weight is 506 g/mol. The number of hydrogen-bond donors (Lipinski definition) is 0. The predicted molar refractivity (Wildman–Crippen MR) is 128 cm³/mol. The quantitative estimate of drug-likeness (QED) is 0.401. The molecule has 2 aliphatic rings. The monoisotopic (exact) mass is 505 g/mol. The Hall–Kier alpha value is -2.14. The summed E-state index contributed by atoms with van der Waals surface area (Å²) >= 11 is 6.49. The van der Waals surface area contributed by atoms with Crippen molar-refractivity contribution in [2.75, 3.05) is 0 Å². The lowest BCUT2D eigenvalue weighted by atomic mass is 9.74. The van der Waals surface area contributed by atoms with Crippen LogP contribution in [0.4, 0.5) is 13.2 Å². The topological polar surface area (TPSA) is 50.1 Å². The van der Waals surface area contributed by atoms with Gasteiger partial charge in [-0.25, -0.2) is 13.2 Å². The second kappa shape index (κ2) is 8.22. The molecule has 0 saturated heterocycles. The first-order chi connectivity index (χ1) is 15.7. The SMILES string of the molecule is CC(C)(C)[Si](C)(C)O[C@H]1c2c(Cl)ccc(C3CCC(=O)c4cc(F)cc(C#N)c43)c2CC1(F)F. The van der Waals surface area contributed by atoms with E-state index in [0.717, 1.165) is 12.1 Å². The van der Waals surface area contributed by atoms with Crippen LogP contribution in [0.5, 0.6) is 0 Å². The molecule has 0 amide bonds. The summed E-state index contributed by atoms with van der Waals surface area (Å²) < 4.78 is 51.3. The van der Waals surface area contributed by atoms with Gasteiger partial charge in [-0.2, -0.15) is 5.26 Å². The zero-order valence-electron chi connectivity index (χ0n) is 19.9. The second-order valence-electron chi connectivity index (χ2n) is 10.8. The van der Waals surface area contributed by atoms with Crippen molar-refractivity contribution < 1.29 is 22.4 Å². The maximum Gasteiger partial charge on any atom is 0.280 e. The van der Waals surface area contributed by atoms with Crippen molar-refractivity contribution >= 4 is 25.7 Å². The normalized spacial score (nSPS) is 21.7. The lowest BCUT2D eigenvalue weighted by Crippen LogP contribution is -2.44. The van der Waals surface area contributed by atoms with Gasteiger partial charge >= 0.3 is 0 Å². The fraction of sp³-hybridized carbons (Fsp3) is 0.462. The number of carbonyl (C=O) groups is 1. The van der Waals surface area contributed by atoms with Crippen LogP contribution in [0.25, 0.3) is 0 Å². The Labute approximate surface area is 204 Å². The first-order valence-corrected chi connectivity index (χ1v) is 14.6. The minimum atomic E-state index is -3.16. The van der Waals surface area contributed by atoms with E-state index in [2.05, 4.69) is 0 Å². The van der Waals surface area contributed by atoms with Gasteiger partial charge in [0.15, 0.2) is 14.1 Å². The Bertz CT molecular complexity index is 1230. The van der Waals surface area contributed by atoms with E-state index in [1.807, 2.05) is 39.9 Å². The van der Waals surface area contributed by atoms with E-state index >= 15 is 8.78 Å². The minimum Gasteiger partial charge on any atom is -0.404 e. The van der Waals surface area contributed by atoms with Crippen molar-refractivity contribution in [1.29, 1.82) is 5.26 Å². The number of halogens is 4. The van der Waals surface area contributed by atoms with E-state index in [1.165, 1.54) is 0 Å². The van der Waals surface area contributed by atoms with Gasteiger partial charge in [0, 0.05) is 34.9 Å². The van der Waals surface area contributed by atoms with Gasteiger partial charge < -0.3 is 4.43 Å². The fourth-order valence-electron chi connectivity index (χ4n) is 4.80. The van der Waals surface area contributed by atoms with Crippen molar-refractivity contribution in [1.82, 2.24) is 0 Å². The molecular formula is C26H27ClF3NO2Si. The summed E-state index contributed by atoms with van der Waals surface area (Å²) in [7, 11) is -2.56. The molecule has 0 fully saturated rings. The summed E-state index contributed by atoms with van der Waals surface area (Å²) in [5, 5.41) is 9.59. The molecule has 0 aliphatic heterocycles. The largest absolute Gasteiger partial charge is 0.404 e. The average Bonchev–Trinajstić information content (AvgIpc) is 2.98. The Morgan fingerprint density at radius 2 is 1.88 bits per heavy atom. The van der Waals surface area contributed by atoms with Crippen molar-refractivity contribution in [2.24, 2.45) is 0 Å². The van der Waals surface area contributed by atoms with E-state index in [4.69, 9.17) is 16.0 Å². The number of ketones is 1. The van der Waals surface area contributed by atoms with Crippen LogP contribution in [0.15, 0.2) is 24.3 Å². The third-order valence-corrected chi connectivity index (χ3v) is 12.3. The molecule has 3 nitrogen and oxygen atoms in total. The third kappa shape index (κ3) is 4.00. The second-order valence-corrected chi connectivity index (χ2v) is 15.9. The highest BCUT2D eigenvalue weighted by molar-refractivity contribution is 6.74. The van der Waals surface area contributed by atoms with Crippen molar-refractivity contribution in [3.05, 3.63) is 68.5 Å². The molecule has 2 aromatic rings. The Balaban J connectivity index is 1.89. The van der Waals surface area contributed by atoms with Gasteiger partial charge in [-0.15, -0.1) is 0 Å². The van der Waals surface area contributed by atoms with E-state index in [9.17, 15) is 14.4 Å². The van der Waals surface area contributed by atoms with E-state index in [-0.39, 0.29) is 39.0 Å². The molecule has 1 unspecified atom stereocenters. The molecule has 34 heavy (non-hydrogen) atoms. The minimum absolute atomic E-state index is 0.0515. The molecule has 0 aromatic heterocycles. The molecule has 0 saturated carbocycles. The maximum atomic E-state index is 15.5. The molecule has 2 atom stereocenters. The highest BCUT2D eigenvalue weighted by Crippen LogP contribution is 2.54. The molecule has 0 spiro atoms. The van der Waals surface area contributed by atoms with Crippen LogP contribution in [-0.4, -0.2) is 20.0 Å². The van der Waals surface area contributed by atoms with Crippen molar-refractivity contribution in [3.8, 4) is 6.07 Å². The van der Waals surface area contributed by atoms with Crippen LogP contribution in [0.3, 0.4) is 0 Å². The first-order valence-electron chi connectivity index (χ1n) is 11.3. The maximum absolute atomic E-state index is 15.5. The van der Waals surface area contributed by atoms with Gasteiger partial charge in [-0.1, -0.05) is 38.4 Å². The summed E-state index contributed by atoms with van der Waals surface area (Å²) in [4.78, 5) is 12.5. The summed E-state index contributed by atoms with van der Waals surface area (Å²) in [6.07, 6.45) is -1.52. The Morgan fingerprint density at radius 3 is 2.50 bits per heavy atom. The number of hydrogen-bond acceptors (Lipinski definition) is 3. The lowest BCUT2D eigenvalue weighted by Gasteiger charge is -2.40. The molecule has 2 aliphatic carbocycles. The number of rotatable bonds is 3. The summed E-state index contributed by atoms with van der Waals surface area (Å²) in [6, 6.07) is 7.50. The van der Waals surface area contributed by atoms with Crippen LogP contribution in [0.2, 0.25) is 23.2 Å². The van der Waals surface area contributed by atoms with Crippen molar-refractivity contribution in [2.45, 2.75) is 76.1 Å². The van der Waals surface area contributed by atoms with Crippen LogP contribution in [-0.2, 0) is 10.8 Å². The van der Waals surface area contributed by atoms with Crippen LogP contribution < -0.4 is 0 Å². The first kappa shape index (κ1) is 25.0. The highest BCUT2D eigenvalue weighted by atomic mass is 35.5. The number of carbonyl (C=O) groups excluding carboxylic acids is 1. The molecule has 0 radical (unpaired) electrons. The fourth-order valence-corrected chi connectivity index (χ4v) is 6.31. The Morgan fingerprint density at radius 1 is 1.21 bits per heavy atom. The molecule has 4 rings (SSSR count). The number of nitrogens with zero attached hydrogens (tertiary/aromatic N) is 1. The van der Waals surface area contributed by atoms with Gasteiger partial charge in [0.2, 0.25) is 0 Å². The van der Waals surface area contributed by atoms with E-state index in [1.54, 1.807) is 12.1 Å². The van der Waals surface area contributed by atoms with E-state index < -0.39 is 38.5 Å². The van der Waals surface area contributed by atoms with Crippen LogP contribution in [0.1, 0.15) is 83.8 Å². The van der Waals surface area contributed by atoms with E-state index in [0.29, 0.717) is 23.1 Å². The van der Waals surface area contributed by atoms with Crippen molar-refractivity contribution in [3.63, 3.8) is 0 Å². The number of fused-ring (bicyclic) bond motifs is 2. The summed E-state index contributed by atoms with van der Waals surface area (Å²) in [5.74, 6) is -4.57. The lowest BCUT2D eigenvalue weighted by molar-refractivity contribution is -0.0900. The highest BCUT2D eigenvalue weighted by Gasteiger charge is 2.54. The number of alkyl halides is 2. The molecule has 180 valence electrons. The number of benzene rings is 2. The molecular weight excluding hydrogens is 479 g/mol. The van der Waals surface area contributed by atoms with Crippen LogP contribution in [0, 0.1) is 17.1 Å². The third-order valence-electron chi connectivity index (χ3n) is 7.57. The molecule has 0 N–H and O–H groups in total. The molecule has 2 aromatic carbocycles. The van der Waals surface area contributed by atoms with Gasteiger partial charge in [-0.3, -0.25) is 4.79 Å². The molecule has 8 heteroatoms. The van der Waals surface area contributed by atoms with Gasteiger partial charge in [0.1, 0.15) is 11.9 Å². The van der Waals surface area contributed by atoms with Gasteiger partial charge in [0.25, 0.3) is 5.92 Å². The zero-order chi connectivity index (χ0) is 25.2. The van der Waals surface area contributed by atoms with Crippen LogP contribution >= 0.6 is 11.6 Å². The number of nitriles is 1. The summed E-state index contributed by atoms with van der Waals surface area (Å²) in [5.41, 5.74) is 1.89. The standard InChI is InChI=1S/C26H27ClF3NO2Si/c1-25(2,3)34(4,5)33-24-23-19(12-26(24,29)30)16(6-8-20(23)27)17-7-9-21(32)18-11-15(28)10-14(13-31)22(17)18/h6,8,10-11,17,24H,7,9,12H2,1-5H3/t17?,24-/m0/s1. The van der Waals surface area contributed by atoms with Gasteiger partial charge in [0.05, 0.1) is 11.6 Å². The zero-order valence-corrected chi connectivity index (χ0v) is 21.6.